The first-order chi connectivity index (χ1) is 6.38. The Hall–Kier alpha value is -0.380. The summed E-state index contributed by atoms with van der Waals surface area (Å²) >= 11 is 1.83. The largest absolute Gasteiger partial charge is 0.296 e. The minimum absolute atomic E-state index is 0.126. The van der Waals surface area contributed by atoms with Gasteiger partial charge in [0.25, 0.3) is 0 Å². The third-order valence-corrected chi connectivity index (χ3v) is 2.79. The van der Waals surface area contributed by atoms with Crippen molar-refractivity contribution in [3.8, 4) is 0 Å². The van der Waals surface area contributed by atoms with E-state index in [9.17, 15) is 0 Å². The van der Waals surface area contributed by atoms with Gasteiger partial charge in [-0.1, -0.05) is 0 Å². The Kier molecular flexibility index (Phi) is 3.70. The molecule has 0 aliphatic heterocycles. The molecule has 0 atom stereocenters. The van der Waals surface area contributed by atoms with E-state index in [1.807, 2.05) is 32.1 Å². The molecular weight excluding hydrogens is 194 g/mol. The van der Waals surface area contributed by atoms with Crippen molar-refractivity contribution >= 4 is 11.3 Å². The number of hydroxylamine groups is 1. The number of thiophene rings is 1. The molecule has 0 aliphatic carbocycles. The van der Waals surface area contributed by atoms with Gasteiger partial charge in [-0.05, 0) is 46.2 Å². The highest BCUT2D eigenvalue weighted by Gasteiger charge is 2.10. The van der Waals surface area contributed by atoms with Crippen molar-refractivity contribution in [2.24, 2.45) is 0 Å². The quantitative estimate of drug-likeness (QED) is 0.779. The van der Waals surface area contributed by atoms with E-state index >= 15 is 0 Å². The highest BCUT2D eigenvalue weighted by atomic mass is 32.1. The lowest BCUT2D eigenvalue weighted by Gasteiger charge is -2.19. The molecular formula is C11H19NOS. The van der Waals surface area contributed by atoms with E-state index in [-0.39, 0.29) is 5.60 Å². The molecule has 0 saturated heterocycles. The summed E-state index contributed by atoms with van der Waals surface area (Å²) in [6.45, 7) is 11.2. The topological polar surface area (TPSA) is 21.3 Å². The molecule has 1 heterocycles. The van der Waals surface area contributed by atoms with E-state index in [1.165, 1.54) is 15.3 Å². The van der Waals surface area contributed by atoms with Crippen LogP contribution >= 0.6 is 11.3 Å². The van der Waals surface area contributed by atoms with Crippen molar-refractivity contribution in [3.63, 3.8) is 0 Å². The molecule has 14 heavy (non-hydrogen) atoms. The number of rotatable bonds is 3. The maximum absolute atomic E-state index is 5.45. The van der Waals surface area contributed by atoms with E-state index in [4.69, 9.17) is 4.84 Å². The molecule has 0 aliphatic rings. The van der Waals surface area contributed by atoms with Crippen LogP contribution in [0.3, 0.4) is 0 Å². The number of hydrogen-bond acceptors (Lipinski definition) is 3. The van der Waals surface area contributed by atoms with Gasteiger partial charge >= 0.3 is 0 Å². The maximum Gasteiger partial charge on any atom is 0.0813 e. The van der Waals surface area contributed by atoms with Crippen molar-refractivity contribution in [3.05, 3.63) is 21.4 Å². The van der Waals surface area contributed by atoms with Crippen LogP contribution in [-0.2, 0) is 11.4 Å². The normalized spacial score (nSPS) is 12.1. The van der Waals surface area contributed by atoms with Crippen LogP contribution in [0.4, 0.5) is 0 Å². The molecule has 80 valence electrons. The predicted octanol–water partition coefficient (Wildman–Crippen LogP) is 3.18. The third kappa shape index (κ3) is 3.78. The molecule has 1 rings (SSSR count). The summed E-state index contributed by atoms with van der Waals surface area (Å²) in [5.41, 5.74) is 4.21. The van der Waals surface area contributed by atoms with Gasteiger partial charge in [0, 0.05) is 16.3 Å². The fraction of sp³-hybridized carbons (Fsp3) is 0.636. The zero-order chi connectivity index (χ0) is 10.8. The first-order valence-corrected chi connectivity index (χ1v) is 5.67. The Morgan fingerprint density at radius 1 is 1.36 bits per heavy atom. The second-order valence-electron chi connectivity index (χ2n) is 4.47. The third-order valence-electron chi connectivity index (χ3n) is 1.78. The number of hydrogen-bond donors (Lipinski definition) is 1. The monoisotopic (exact) mass is 213 g/mol. The summed E-state index contributed by atoms with van der Waals surface area (Å²) in [5.74, 6) is 0. The molecule has 0 amide bonds. The summed E-state index contributed by atoms with van der Waals surface area (Å²) < 4.78 is 0. The zero-order valence-corrected chi connectivity index (χ0v) is 10.4. The van der Waals surface area contributed by atoms with Gasteiger partial charge < -0.3 is 0 Å². The second-order valence-corrected chi connectivity index (χ2v) is 5.93. The fourth-order valence-corrected chi connectivity index (χ4v) is 2.14. The highest BCUT2D eigenvalue weighted by molar-refractivity contribution is 7.12. The summed E-state index contributed by atoms with van der Waals surface area (Å²) in [4.78, 5) is 8.18. The SMILES string of the molecule is Cc1cc(CNOC(C)(C)C)c(C)s1. The summed E-state index contributed by atoms with van der Waals surface area (Å²) in [6.07, 6.45) is 0. The Bertz CT molecular complexity index is 299. The van der Waals surface area contributed by atoms with Gasteiger partial charge in [-0.25, -0.2) is 0 Å². The Morgan fingerprint density at radius 2 is 2.00 bits per heavy atom. The van der Waals surface area contributed by atoms with Gasteiger partial charge in [0.1, 0.15) is 0 Å². The molecule has 1 aromatic rings. The molecule has 0 radical (unpaired) electrons. The molecule has 0 bridgehead atoms. The molecule has 0 aromatic carbocycles. The molecule has 1 N–H and O–H groups in total. The summed E-state index contributed by atoms with van der Waals surface area (Å²) in [5, 5.41) is 0. The Labute approximate surface area is 90.2 Å². The lowest BCUT2D eigenvalue weighted by Crippen LogP contribution is -2.28. The van der Waals surface area contributed by atoms with E-state index in [0.29, 0.717) is 0 Å². The van der Waals surface area contributed by atoms with Crippen LogP contribution in [0.1, 0.15) is 36.1 Å². The summed E-state index contributed by atoms with van der Waals surface area (Å²) in [6, 6.07) is 2.21. The van der Waals surface area contributed by atoms with E-state index in [1.54, 1.807) is 0 Å². The zero-order valence-electron chi connectivity index (χ0n) is 9.60. The molecule has 0 unspecified atom stereocenters. The van der Waals surface area contributed by atoms with Crippen LogP contribution in [-0.4, -0.2) is 5.60 Å². The second kappa shape index (κ2) is 4.43. The van der Waals surface area contributed by atoms with Crippen molar-refractivity contribution < 1.29 is 4.84 Å². The van der Waals surface area contributed by atoms with Crippen LogP contribution in [0.5, 0.6) is 0 Å². The van der Waals surface area contributed by atoms with Crippen LogP contribution < -0.4 is 5.48 Å². The highest BCUT2D eigenvalue weighted by Crippen LogP contribution is 2.20. The minimum Gasteiger partial charge on any atom is -0.296 e. The van der Waals surface area contributed by atoms with Crippen molar-refractivity contribution in [1.82, 2.24) is 5.48 Å². The first-order valence-electron chi connectivity index (χ1n) is 4.85. The van der Waals surface area contributed by atoms with E-state index in [0.717, 1.165) is 6.54 Å². The standard InChI is InChI=1S/C11H19NOS/c1-8-6-10(9(2)14-8)7-12-13-11(3,4)5/h6,12H,7H2,1-5H3. The molecule has 0 fully saturated rings. The lowest BCUT2D eigenvalue weighted by molar-refractivity contribution is -0.0757. The first kappa shape index (κ1) is 11.7. The van der Waals surface area contributed by atoms with Crippen LogP contribution in [0, 0.1) is 13.8 Å². The van der Waals surface area contributed by atoms with Gasteiger partial charge in [-0.3, -0.25) is 4.84 Å². The van der Waals surface area contributed by atoms with Gasteiger partial charge in [0.05, 0.1) is 5.60 Å². The fourth-order valence-electron chi connectivity index (χ4n) is 1.19. The van der Waals surface area contributed by atoms with E-state index in [2.05, 4.69) is 25.4 Å². The maximum atomic E-state index is 5.45. The molecule has 3 heteroatoms. The van der Waals surface area contributed by atoms with Crippen molar-refractivity contribution in [2.75, 3.05) is 0 Å². The predicted molar refractivity (Wildman–Crippen MR) is 61.5 cm³/mol. The molecule has 0 spiro atoms. The van der Waals surface area contributed by atoms with Crippen LogP contribution in [0.25, 0.3) is 0 Å². The average molecular weight is 213 g/mol. The van der Waals surface area contributed by atoms with E-state index < -0.39 is 0 Å². The Morgan fingerprint density at radius 3 is 2.43 bits per heavy atom. The van der Waals surface area contributed by atoms with Crippen LogP contribution in [0.15, 0.2) is 6.07 Å². The van der Waals surface area contributed by atoms with Crippen molar-refractivity contribution in [1.29, 1.82) is 0 Å². The lowest BCUT2D eigenvalue weighted by atomic mass is 10.2. The summed E-state index contributed by atoms with van der Waals surface area (Å²) in [7, 11) is 0. The molecule has 2 nitrogen and oxygen atoms in total. The Balaban J connectivity index is 2.42. The number of nitrogens with one attached hydrogen (secondary N) is 1. The molecule has 1 aromatic heterocycles. The van der Waals surface area contributed by atoms with Gasteiger partial charge in [-0.2, -0.15) is 5.48 Å². The van der Waals surface area contributed by atoms with Crippen molar-refractivity contribution in [2.45, 2.75) is 46.8 Å². The minimum atomic E-state index is -0.126. The average Bonchev–Trinajstić information content (AvgIpc) is 2.27. The molecule has 0 saturated carbocycles. The van der Waals surface area contributed by atoms with Crippen LogP contribution in [0.2, 0.25) is 0 Å². The van der Waals surface area contributed by atoms with Gasteiger partial charge in [0.15, 0.2) is 0 Å². The smallest absolute Gasteiger partial charge is 0.0813 e. The van der Waals surface area contributed by atoms with Gasteiger partial charge in [-0.15, -0.1) is 11.3 Å². The number of aryl methyl sites for hydroxylation is 2. The van der Waals surface area contributed by atoms with Gasteiger partial charge in [0.2, 0.25) is 0 Å².